The average molecular weight is 414 g/mol. The molecule has 1 aliphatic heterocycles. The normalized spacial score (nSPS) is 33.6. The molecule has 8 heteroatoms. The lowest BCUT2D eigenvalue weighted by Gasteiger charge is -2.50. The molecule has 4 rings (SSSR count). The highest BCUT2D eigenvalue weighted by atomic mass is 16.5. The van der Waals surface area contributed by atoms with Crippen LogP contribution in [0.25, 0.3) is 0 Å². The van der Waals surface area contributed by atoms with Gasteiger partial charge in [0.2, 0.25) is 12.3 Å². The molecule has 1 aromatic rings. The van der Waals surface area contributed by atoms with Crippen LogP contribution in [0.5, 0.6) is 0 Å². The molecule has 8 nitrogen and oxygen atoms in total. The van der Waals surface area contributed by atoms with Crippen molar-refractivity contribution in [3.05, 3.63) is 29.3 Å². The van der Waals surface area contributed by atoms with E-state index in [1.165, 1.54) is 6.92 Å². The molecule has 2 aliphatic carbocycles. The second-order valence-corrected chi connectivity index (χ2v) is 9.05. The molecular weight excluding hydrogens is 388 g/mol. The van der Waals surface area contributed by atoms with Crippen molar-refractivity contribution >= 4 is 29.8 Å². The lowest BCUT2D eigenvalue weighted by atomic mass is 9.58. The second-order valence-electron chi connectivity index (χ2n) is 9.05. The molecule has 3 aliphatic rings. The number of anilines is 1. The average Bonchev–Trinajstić information content (AvgIpc) is 2.93. The van der Waals surface area contributed by atoms with E-state index in [2.05, 4.69) is 5.32 Å². The summed E-state index contributed by atoms with van der Waals surface area (Å²) in [7, 11) is 1.70. The Morgan fingerprint density at radius 3 is 2.67 bits per heavy atom. The minimum Gasteiger partial charge on any atom is -0.462 e. The Labute approximate surface area is 174 Å². The van der Waals surface area contributed by atoms with Gasteiger partial charge in [0.1, 0.15) is 11.6 Å². The van der Waals surface area contributed by atoms with E-state index in [4.69, 9.17) is 4.74 Å². The summed E-state index contributed by atoms with van der Waals surface area (Å²) < 4.78 is 5.54. The van der Waals surface area contributed by atoms with Crippen LogP contribution < -0.4 is 10.2 Å². The van der Waals surface area contributed by atoms with Gasteiger partial charge in [-0.05, 0) is 29.0 Å². The fourth-order valence-electron chi connectivity index (χ4n) is 5.98. The summed E-state index contributed by atoms with van der Waals surface area (Å²) in [6.45, 7) is 4.55. The molecule has 2 unspecified atom stereocenters. The molecule has 5 atom stereocenters. The number of likely N-dealkylation sites (N-methyl/N-ethyl adjacent to an activating group) is 1. The monoisotopic (exact) mass is 414 g/mol. The quantitative estimate of drug-likeness (QED) is 0.558. The summed E-state index contributed by atoms with van der Waals surface area (Å²) in [4.78, 5) is 52.5. The van der Waals surface area contributed by atoms with Crippen LogP contribution in [0.2, 0.25) is 0 Å². The van der Waals surface area contributed by atoms with Crippen LogP contribution in [0, 0.1) is 17.3 Å². The number of carbonyl (C=O) groups is 4. The maximum atomic E-state index is 14.0. The van der Waals surface area contributed by atoms with Gasteiger partial charge in [0.15, 0.2) is 5.78 Å². The van der Waals surface area contributed by atoms with Crippen molar-refractivity contribution in [2.75, 3.05) is 18.6 Å². The van der Waals surface area contributed by atoms with E-state index in [0.29, 0.717) is 23.2 Å². The first-order chi connectivity index (χ1) is 14.1. The van der Waals surface area contributed by atoms with E-state index in [9.17, 15) is 24.3 Å². The van der Waals surface area contributed by atoms with E-state index in [0.717, 1.165) is 0 Å². The Kier molecular flexibility index (Phi) is 4.54. The number of hydrogen-bond donors (Lipinski definition) is 2. The summed E-state index contributed by atoms with van der Waals surface area (Å²) in [5, 5.41) is 13.0. The number of aliphatic hydroxyl groups excluding tert-OH is 1. The summed E-state index contributed by atoms with van der Waals surface area (Å²) in [6.07, 6.45) is -0.166. The highest BCUT2D eigenvalue weighted by Crippen LogP contribution is 2.61. The van der Waals surface area contributed by atoms with Gasteiger partial charge in [-0.15, -0.1) is 0 Å². The summed E-state index contributed by atoms with van der Waals surface area (Å²) in [5.41, 5.74) is -0.519. The van der Waals surface area contributed by atoms with Gasteiger partial charge in [0, 0.05) is 25.6 Å². The molecular formula is C22H26N2O6. The van der Waals surface area contributed by atoms with Crippen molar-refractivity contribution in [2.45, 2.75) is 44.8 Å². The lowest BCUT2D eigenvalue weighted by molar-refractivity contribution is -0.169. The van der Waals surface area contributed by atoms with E-state index in [1.54, 1.807) is 24.1 Å². The third-order valence-electron chi connectivity index (χ3n) is 7.36. The summed E-state index contributed by atoms with van der Waals surface area (Å²) >= 11 is 0. The second kappa shape index (κ2) is 6.63. The van der Waals surface area contributed by atoms with Gasteiger partial charge < -0.3 is 20.1 Å². The van der Waals surface area contributed by atoms with Gasteiger partial charge in [-0.3, -0.25) is 19.2 Å². The number of Topliss-reactive ketones (excluding diaryl/α,β-unsaturated/α-hetero) is 1. The number of nitrogens with zero attached hydrogens (tertiary/aromatic N) is 1. The fourth-order valence-corrected chi connectivity index (χ4v) is 5.98. The maximum Gasteiger partial charge on any atom is 0.302 e. The van der Waals surface area contributed by atoms with Gasteiger partial charge in [-0.25, -0.2) is 0 Å². The van der Waals surface area contributed by atoms with Crippen LogP contribution in [0.3, 0.4) is 0 Å². The number of nitrogens with one attached hydrogen (secondary N) is 1. The first kappa shape index (κ1) is 20.5. The molecule has 1 heterocycles. The summed E-state index contributed by atoms with van der Waals surface area (Å²) in [6, 6.07) is 5.28. The molecule has 1 fully saturated rings. The van der Waals surface area contributed by atoms with E-state index < -0.39 is 47.4 Å². The number of amides is 2. The minimum atomic E-state index is -1.59. The predicted octanol–water partition coefficient (Wildman–Crippen LogP) is 0.857. The molecule has 1 saturated carbocycles. The van der Waals surface area contributed by atoms with Gasteiger partial charge >= 0.3 is 5.97 Å². The number of ketones is 1. The molecule has 30 heavy (non-hydrogen) atoms. The van der Waals surface area contributed by atoms with Crippen LogP contribution in [0.15, 0.2) is 18.2 Å². The van der Waals surface area contributed by atoms with Crippen molar-refractivity contribution in [3.63, 3.8) is 0 Å². The molecule has 0 radical (unpaired) electrons. The Bertz CT molecular complexity index is 957. The Hall–Kier alpha value is -2.74. The van der Waals surface area contributed by atoms with E-state index >= 15 is 0 Å². The number of esters is 1. The number of rotatable bonds is 4. The first-order valence-corrected chi connectivity index (χ1v) is 10.1. The number of ether oxygens (including phenoxy) is 1. The van der Waals surface area contributed by atoms with Gasteiger partial charge in [0.05, 0.1) is 18.4 Å². The molecule has 2 N–H and O–H groups in total. The zero-order valence-electron chi connectivity index (χ0n) is 17.5. The SMILES string of the molecule is CC(=O)OC1C[C@@H]2C(=O)[C@](NC=O)(c3cccc4c3C(C(=O)N4C)C2(C)C)[C@H]1CO. The smallest absolute Gasteiger partial charge is 0.302 e. The van der Waals surface area contributed by atoms with E-state index in [1.807, 2.05) is 19.9 Å². The predicted molar refractivity (Wildman–Crippen MR) is 106 cm³/mol. The van der Waals surface area contributed by atoms with Crippen molar-refractivity contribution in [1.82, 2.24) is 5.32 Å². The Balaban J connectivity index is 2.09. The standard InChI is InChI=1S/C22H26N2O6/c1-11(27)30-16-8-13-19(28)22(23-10-26,14(16)9-25)12-6-5-7-15-17(12)18(21(13,2)3)20(29)24(15)4/h5-7,10,13-14,16,18,25H,8-9H2,1-4H3,(H,23,26)/t13-,14+,16?,18?,22+/m1/s1. The van der Waals surface area contributed by atoms with Gasteiger partial charge in [0.25, 0.3) is 0 Å². The maximum absolute atomic E-state index is 14.0. The molecule has 0 saturated heterocycles. The zero-order chi connectivity index (χ0) is 22.0. The van der Waals surface area contributed by atoms with Crippen molar-refractivity contribution in [3.8, 4) is 0 Å². The molecule has 2 amide bonds. The number of aliphatic hydroxyl groups is 1. The number of hydrogen-bond acceptors (Lipinski definition) is 6. The topological polar surface area (TPSA) is 113 Å². The highest BCUT2D eigenvalue weighted by molar-refractivity contribution is 6.09. The third kappa shape index (κ3) is 2.37. The zero-order valence-corrected chi connectivity index (χ0v) is 17.5. The minimum absolute atomic E-state index is 0.117. The van der Waals surface area contributed by atoms with Crippen LogP contribution in [-0.2, 0) is 29.5 Å². The van der Waals surface area contributed by atoms with E-state index in [-0.39, 0.29) is 18.1 Å². The molecule has 0 spiro atoms. The lowest BCUT2D eigenvalue weighted by Crippen LogP contribution is -2.65. The first-order valence-electron chi connectivity index (χ1n) is 10.1. The number of carbonyl (C=O) groups excluding carboxylic acids is 4. The fraction of sp³-hybridized carbons (Fsp3) is 0.545. The molecule has 2 bridgehead atoms. The van der Waals surface area contributed by atoms with Crippen molar-refractivity contribution in [1.29, 1.82) is 0 Å². The van der Waals surface area contributed by atoms with Crippen LogP contribution in [0.4, 0.5) is 5.69 Å². The number of fused-ring (bicyclic) bond motifs is 3. The molecule has 1 aromatic carbocycles. The van der Waals surface area contributed by atoms with Gasteiger partial charge in [-0.2, -0.15) is 0 Å². The van der Waals surface area contributed by atoms with Crippen molar-refractivity contribution < 1.29 is 29.0 Å². The highest BCUT2D eigenvalue weighted by Gasteiger charge is 2.66. The van der Waals surface area contributed by atoms with Crippen molar-refractivity contribution in [2.24, 2.45) is 17.3 Å². The van der Waals surface area contributed by atoms with Gasteiger partial charge in [-0.1, -0.05) is 26.0 Å². The van der Waals surface area contributed by atoms with Crippen LogP contribution >= 0.6 is 0 Å². The third-order valence-corrected chi connectivity index (χ3v) is 7.36. The van der Waals surface area contributed by atoms with Crippen LogP contribution in [0.1, 0.15) is 44.2 Å². The summed E-state index contributed by atoms with van der Waals surface area (Å²) in [5.74, 6) is -3.05. The van der Waals surface area contributed by atoms with Crippen LogP contribution in [-0.4, -0.2) is 48.9 Å². The molecule has 0 aromatic heterocycles. The Morgan fingerprint density at radius 2 is 2.07 bits per heavy atom. The number of benzene rings is 1. The molecule has 160 valence electrons. The Morgan fingerprint density at radius 1 is 1.37 bits per heavy atom. The largest absolute Gasteiger partial charge is 0.462 e.